The molecule has 0 aliphatic heterocycles. The minimum atomic E-state index is -0.658. The summed E-state index contributed by atoms with van der Waals surface area (Å²) in [5.41, 5.74) is 1.18. The lowest BCUT2D eigenvalue weighted by atomic mass is 9.70. The van der Waals surface area contributed by atoms with Crippen LogP contribution in [0, 0.1) is 29.6 Å². The third-order valence-corrected chi connectivity index (χ3v) is 6.12. The molecule has 0 unspecified atom stereocenters. The topological polar surface area (TPSA) is 46.5 Å². The molecule has 26 heavy (non-hydrogen) atoms. The van der Waals surface area contributed by atoms with Crippen LogP contribution in [0.1, 0.15) is 58.9 Å². The summed E-state index contributed by atoms with van der Waals surface area (Å²) in [6.07, 6.45) is 4.35. The number of benzene rings is 1. The maximum absolute atomic E-state index is 12.4. The van der Waals surface area contributed by atoms with Gasteiger partial charge < -0.3 is 9.84 Å². The van der Waals surface area contributed by atoms with Crippen molar-refractivity contribution in [3.05, 3.63) is 35.9 Å². The van der Waals surface area contributed by atoms with Gasteiger partial charge in [-0.1, -0.05) is 57.5 Å². The lowest BCUT2D eigenvalue weighted by molar-refractivity contribution is -0.154. The quantitative estimate of drug-likeness (QED) is 0.673. The first-order valence-corrected chi connectivity index (χ1v) is 10.3. The highest BCUT2D eigenvalue weighted by molar-refractivity contribution is 5.72. The molecule has 5 atom stereocenters. The average Bonchev–Trinajstić information content (AvgIpc) is 2.64. The first kappa shape index (κ1) is 21.0. The van der Waals surface area contributed by atoms with E-state index in [-0.39, 0.29) is 5.97 Å². The molecular weight excluding hydrogens is 324 g/mol. The monoisotopic (exact) mass is 360 g/mol. The Labute approximate surface area is 159 Å². The third-order valence-electron chi connectivity index (χ3n) is 6.12. The standard InChI is InChI=1S/C23H36O3/c1-16(2)21-12-10-17(3)14-20(21)15-26-23(25)18(4)22(24)13-11-19-8-6-5-7-9-19/h5-9,16-18,20-22,24H,10-15H2,1-4H3/t17-,18+,20-,21+,22+/m1/s1. The van der Waals surface area contributed by atoms with Gasteiger partial charge in [-0.2, -0.15) is 0 Å². The first-order chi connectivity index (χ1) is 12.4. The van der Waals surface area contributed by atoms with E-state index in [9.17, 15) is 9.90 Å². The zero-order valence-electron chi connectivity index (χ0n) is 16.9. The van der Waals surface area contributed by atoms with Gasteiger partial charge in [0, 0.05) is 0 Å². The molecule has 0 radical (unpaired) electrons. The van der Waals surface area contributed by atoms with E-state index in [0.29, 0.717) is 36.7 Å². The largest absolute Gasteiger partial charge is 0.465 e. The van der Waals surface area contributed by atoms with Crippen molar-refractivity contribution < 1.29 is 14.6 Å². The zero-order valence-corrected chi connectivity index (χ0v) is 16.9. The van der Waals surface area contributed by atoms with Crippen molar-refractivity contribution in [3.8, 4) is 0 Å². The molecule has 1 aliphatic carbocycles. The summed E-state index contributed by atoms with van der Waals surface area (Å²) < 4.78 is 5.65. The third kappa shape index (κ3) is 6.12. The van der Waals surface area contributed by atoms with Crippen LogP contribution in [0.25, 0.3) is 0 Å². The maximum atomic E-state index is 12.4. The molecule has 1 N–H and O–H groups in total. The van der Waals surface area contributed by atoms with Crippen LogP contribution in [-0.2, 0) is 16.0 Å². The summed E-state index contributed by atoms with van der Waals surface area (Å²) in [6.45, 7) is 9.11. The molecule has 3 nitrogen and oxygen atoms in total. The van der Waals surface area contributed by atoms with Crippen LogP contribution in [0.3, 0.4) is 0 Å². The molecule has 2 rings (SSSR count). The van der Waals surface area contributed by atoms with Gasteiger partial charge in [0.2, 0.25) is 0 Å². The van der Waals surface area contributed by atoms with Gasteiger partial charge in [0.05, 0.1) is 18.6 Å². The number of carbonyl (C=O) groups excluding carboxylic acids is 1. The Balaban J connectivity index is 1.79. The Bertz CT molecular complexity index is 540. The van der Waals surface area contributed by atoms with Gasteiger partial charge >= 0.3 is 5.97 Å². The number of aliphatic hydroxyl groups excluding tert-OH is 1. The molecule has 0 spiro atoms. The van der Waals surface area contributed by atoms with Gasteiger partial charge in [-0.25, -0.2) is 0 Å². The van der Waals surface area contributed by atoms with Crippen molar-refractivity contribution in [2.45, 2.75) is 65.9 Å². The first-order valence-electron chi connectivity index (χ1n) is 10.3. The number of ether oxygens (including phenoxy) is 1. The fraction of sp³-hybridized carbons (Fsp3) is 0.696. The van der Waals surface area contributed by atoms with E-state index in [1.54, 1.807) is 6.92 Å². The Kier molecular flexibility index (Phi) is 8.15. The lowest BCUT2D eigenvalue weighted by Gasteiger charge is -2.37. The second kappa shape index (κ2) is 10.1. The summed E-state index contributed by atoms with van der Waals surface area (Å²) in [7, 11) is 0. The summed E-state index contributed by atoms with van der Waals surface area (Å²) in [4.78, 5) is 12.4. The van der Waals surface area contributed by atoms with Gasteiger partial charge in [-0.15, -0.1) is 0 Å². The summed E-state index contributed by atoms with van der Waals surface area (Å²) in [5, 5.41) is 10.4. The van der Waals surface area contributed by atoms with Crippen molar-refractivity contribution in [2.75, 3.05) is 6.61 Å². The minimum absolute atomic E-state index is 0.258. The fourth-order valence-electron chi connectivity index (χ4n) is 4.28. The second-order valence-corrected chi connectivity index (χ2v) is 8.60. The van der Waals surface area contributed by atoms with Crippen LogP contribution in [0.2, 0.25) is 0 Å². The Morgan fingerprint density at radius 3 is 2.54 bits per heavy atom. The summed E-state index contributed by atoms with van der Waals surface area (Å²) in [5.74, 6) is 1.69. The smallest absolute Gasteiger partial charge is 0.311 e. The predicted molar refractivity (Wildman–Crippen MR) is 106 cm³/mol. The van der Waals surface area contributed by atoms with Crippen LogP contribution in [-0.4, -0.2) is 23.8 Å². The number of carbonyl (C=O) groups is 1. The van der Waals surface area contributed by atoms with Crippen molar-refractivity contribution in [1.82, 2.24) is 0 Å². The van der Waals surface area contributed by atoms with E-state index in [1.807, 2.05) is 30.3 Å². The van der Waals surface area contributed by atoms with Crippen molar-refractivity contribution in [1.29, 1.82) is 0 Å². The number of esters is 1. The molecule has 1 aromatic carbocycles. The minimum Gasteiger partial charge on any atom is -0.465 e. The zero-order chi connectivity index (χ0) is 19.1. The molecule has 1 fully saturated rings. The molecule has 1 aromatic rings. The van der Waals surface area contributed by atoms with E-state index >= 15 is 0 Å². The fourth-order valence-corrected chi connectivity index (χ4v) is 4.28. The summed E-state index contributed by atoms with van der Waals surface area (Å²) >= 11 is 0. The molecule has 0 amide bonds. The molecule has 3 heteroatoms. The highest BCUT2D eigenvalue weighted by Gasteiger charge is 2.32. The van der Waals surface area contributed by atoms with Crippen molar-refractivity contribution in [2.24, 2.45) is 29.6 Å². The molecule has 146 valence electrons. The van der Waals surface area contributed by atoms with Crippen LogP contribution in [0.15, 0.2) is 30.3 Å². The Hall–Kier alpha value is -1.35. The van der Waals surface area contributed by atoms with Crippen molar-refractivity contribution >= 4 is 5.97 Å². The highest BCUT2D eigenvalue weighted by Crippen LogP contribution is 2.38. The number of rotatable bonds is 8. The van der Waals surface area contributed by atoms with Crippen molar-refractivity contribution in [3.63, 3.8) is 0 Å². The molecular formula is C23H36O3. The Morgan fingerprint density at radius 1 is 1.19 bits per heavy atom. The molecule has 0 heterocycles. The van der Waals surface area contributed by atoms with Gasteiger partial charge in [0.15, 0.2) is 0 Å². The molecule has 1 aliphatic rings. The van der Waals surface area contributed by atoms with Gasteiger partial charge in [-0.05, 0) is 61.8 Å². The van der Waals surface area contributed by atoms with E-state index in [1.165, 1.54) is 18.4 Å². The lowest BCUT2D eigenvalue weighted by Crippen LogP contribution is -2.34. The average molecular weight is 361 g/mol. The van der Waals surface area contributed by atoms with Crippen LogP contribution < -0.4 is 0 Å². The van der Waals surface area contributed by atoms with Crippen LogP contribution in [0.5, 0.6) is 0 Å². The van der Waals surface area contributed by atoms with Gasteiger partial charge in [0.1, 0.15) is 0 Å². The van der Waals surface area contributed by atoms with E-state index in [4.69, 9.17) is 4.74 Å². The van der Waals surface area contributed by atoms with E-state index in [2.05, 4.69) is 20.8 Å². The number of aryl methyl sites for hydroxylation is 1. The predicted octanol–water partition coefficient (Wildman–Crippen LogP) is 4.87. The van der Waals surface area contributed by atoms with Crippen LogP contribution >= 0.6 is 0 Å². The SMILES string of the molecule is CC(C)[C@@H]1CC[C@@H](C)C[C@@H]1COC(=O)[C@@H](C)[C@@H](O)CCc1ccccc1. The molecule has 0 bridgehead atoms. The second-order valence-electron chi connectivity index (χ2n) is 8.60. The number of aliphatic hydroxyl groups is 1. The molecule has 0 saturated heterocycles. The van der Waals surface area contributed by atoms with Gasteiger partial charge in [-0.3, -0.25) is 4.79 Å². The molecule has 1 saturated carbocycles. The number of hydrogen-bond donors (Lipinski definition) is 1. The molecule has 0 aromatic heterocycles. The van der Waals surface area contributed by atoms with E-state index < -0.39 is 12.0 Å². The summed E-state index contributed by atoms with van der Waals surface area (Å²) in [6, 6.07) is 10.1. The van der Waals surface area contributed by atoms with E-state index in [0.717, 1.165) is 12.8 Å². The highest BCUT2D eigenvalue weighted by atomic mass is 16.5. The van der Waals surface area contributed by atoms with Crippen LogP contribution in [0.4, 0.5) is 0 Å². The van der Waals surface area contributed by atoms with Gasteiger partial charge in [0.25, 0.3) is 0 Å². The maximum Gasteiger partial charge on any atom is 0.311 e. The Morgan fingerprint density at radius 2 is 1.88 bits per heavy atom. The normalized spacial score (nSPS) is 25.7. The number of hydrogen-bond acceptors (Lipinski definition) is 3.